The molecular formula is C23H25ClN4O4. The lowest BCUT2D eigenvalue weighted by Crippen LogP contribution is -2.44. The molecule has 0 aliphatic carbocycles. The molecule has 3 aromatic rings. The number of anilines is 2. The second-order valence-corrected chi connectivity index (χ2v) is 8.06. The molecule has 0 radical (unpaired) electrons. The van der Waals surface area contributed by atoms with E-state index in [1.54, 1.807) is 44.4 Å². The summed E-state index contributed by atoms with van der Waals surface area (Å²) in [6.07, 6.45) is 1.62. The smallest absolute Gasteiger partial charge is 0.324 e. The first kappa shape index (κ1) is 22.0. The largest absolute Gasteiger partial charge is 0.497 e. The first-order chi connectivity index (χ1) is 15.5. The van der Waals surface area contributed by atoms with Crippen molar-refractivity contribution < 1.29 is 18.8 Å². The van der Waals surface area contributed by atoms with Gasteiger partial charge in [-0.15, -0.1) is 0 Å². The van der Waals surface area contributed by atoms with Gasteiger partial charge in [-0.1, -0.05) is 16.8 Å². The van der Waals surface area contributed by atoms with Gasteiger partial charge in [-0.3, -0.25) is 4.79 Å². The number of rotatable bonds is 6. The van der Waals surface area contributed by atoms with Crippen molar-refractivity contribution in [3.05, 3.63) is 47.5 Å². The Labute approximate surface area is 191 Å². The van der Waals surface area contributed by atoms with Gasteiger partial charge in [0.25, 0.3) is 0 Å². The summed E-state index contributed by atoms with van der Waals surface area (Å²) in [5.41, 5.74) is 1.47. The van der Waals surface area contributed by atoms with Gasteiger partial charge in [0.1, 0.15) is 11.5 Å². The summed E-state index contributed by atoms with van der Waals surface area (Å²) in [6.45, 7) is 1.24. The second kappa shape index (κ2) is 9.48. The molecule has 0 unspecified atom stereocenters. The average molecular weight is 457 g/mol. The Bertz CT molecular complexity index is 1090. The molecule has 1 fully saturated rings. The van der Waals surface area contributed by atoms with Crippen LogP contribution in [0.1, 0.15) is 12.8 Å². The van der Waals surface area contributed by atoms with E-state index in [4.69, 9.17) is 25.6 Å². The van der Waals surface area contributed by atoms with Crippen molar-refractivity contribution >= 4 is 29.2 Å². The quantitative estimate of drug-likeness (QED) is 0.547. The Balaban J connectivity index is 1.48. The molecule has 8 nitrogen and oxygen atoms in total. The Kier molecular flexibility index (Phi) is 6.50. The van der Waals surface area contributed by atoms with E-state index < -0.39 is 0 Å². The number of methoxy groups -OCH3 is 2. The monoisotopic (exact) mass is 456 g/mol. The highest BCUT2D eigenvalue weighted by Gasteiger charge is 2.31. The van der Waals surface area contributed by atoms with Crippen molar-refractivity contribution in [3.8, 4) is 22.9 Å². The van der Waals surface area contributed by atoms with E-state index >= 15 is 0 Å². The highest BCUT2D eigenvalue weighted by molar-refractivity contribution is 6.31. The van der Waals surface area contributed by atoms with Crippen LogP contribution >= 0.6 is 11.6 Å². The van der Waals surface area contributed by atoms with Crippen molar-refractivity contribution in [2.45, 2.75) is 12.8 Å². The Morgan fingerprint density at radius 1 is 1.19 bits per heavy atom. The third-order valence-electron chi connectivity index (χ3n) is 5.64. The van der Waals surface area contributed by atoms with Gasteiger partial charge in [-0.25, -0.2) is 0 Å². The van der Waals surface area contributed by atoms with Crippen LogP contribution < -0.4 is 19.3 Å². The van der Waals surface area contributed by atoms with Crippen molar-refractivity contribution in [1.29, 1.82) is 0 Å². The van der Waals surface area contributed by atoms with Crippen LogP contribution in [0.5, 0.6) is 11.5 Å². The minimum Gasteiger partial charge on any atom is -0.497 e. The molecule has 2 heterocycles. The zero-order chi connectivity index (χ0) is 22.7. The topological polar surface area (TPSA) is 80.9 Å². The Morgan fingerprint density at radius 3 is 2.69 bits per heavy atom. The summed E-state index contributed by atoms with van der Waals surface area (Å²) in [4.78, 5) is 21.4. The van der Waals surface area contributed by atoms with E-state index in [1.165, 1.54) is 0 Å². The van der Waals surface area contributed by atoms with Crippen molar-refractivity contribution in [2.24, 2.45) is 5.92 Å². The van der Waals surface area contributed by atoms with Gasteiger partial charge in [-0.2, -0.15) is 4.98 Å². The van der Waals surface area contributed by atoms with Gasteiger partial charge in [0.2, 0.25) is 11.7 Å². The van der Waals surface area contributed by atoms with E-state index in [2.05, 4.69) is 10.1 Å². The number of amides is 1. The molecule has 168 valence electrons. The first-order valence-corrected chi connectivity index (χ1v) is 10.7. The van der Waals surface area contributed by atoms with Crippen LogP contribution in [0.25, 0.3) is 11.4 Å². The van der Waals surface area contributed by atoms with Crippen molar-refractivity contribution in [2.75, 3.05) is 44.2 Å². The van der Waals surface area contributed by atoms with Crippen LogP contribution in [0.4, 0.5) is 11.7 Å². The third-order valence-corrected chi connectivity index (χ3v) is 5.87. The van der Waals surface area contributed by atoms with Gasteiger partial charge in [0.05, 0.1) is 25.8 Å². The number of ether oxygens (including phenoxy) is 2. The van der Waals surface area contributed by atoms with Crippen molar-refractivity contribution in [3.63, 3.8) is 0 Å². The highest BCUT2D eigenvalue weighted by Crippen LogP contribution is 2.33. The Hall–Kier alpha value is -3.26. The minimum atomic E-state index is -0.214. The SMILES string of the molecule is COc1ccc(-c2noc(N3CCC[C@@H](C(=O)N(C)c4cc(Cl)ccc4OC)C3)n2)cc1. The van der Waals surface area contributed by atoms with Gasteiger partial charge in [-0.05, 0) is 55.3 Å². The predicted octanol–water partition coefficient (Wildman–Crippen LogP) is 4.29. The zero-order valence-electron chi connectivity index (χ0n) is 18.2. The average Bonchev–Trinajstić information content (AvgIpc) is 3.33. The molecule has 1 atom stereocenters. The van der Waals surface area contributed by atoms with Crippen LogP contribution in [-0.4, -0.2) is 50.4 Å². The lowest BCUT2D eigenvalue weighted by atomic mass is 9.96. The number of nitrogens with zero attached hydrogens (tertiary/aromatic N) is 4. The minimum absolute atomic E-state index is 0.00911. The maximum Gasteiger partial charge on any atom is 0.324 e. The number of hydrogen-bond acceptors (Lipinski definition) is 7. The summed E-state index contributed by atoms with van der Waals surface area (Å²) in [5, 5.41) is 4.65. The molecule has 2 aromatic carbocycles. The van der Waals surface area contributed by atoms with Crippen LogP contribution in [0.3, 0.4) is 0 Å². The number of halogens is 1. The molecule has 32 heavy (non-hydrogen) atoms. The number of piperidine rings is 1. The molecule has 1 saturated heterocycles. The normalized spacial score (nSPS) is 16.0. The third kappa shape index (κ3) is 4.50. The molecule has 1 aromatic heterocycles. The van der Waals surface area contributed by atoms with E-state index in [0.717, 1.165) is 30.7 Å². The summed E-state index contributed by atoms with van der Waals surface area (Å²) >= 11 is 6.14. The van der Waals surface area contributed by atoms with Crippen LogP contribution in [0, 0.1) is 5.92 Å². The number of hydrogen-bond donors (Lipinski definition) is 0. The molecule has 0 bridgehead atoms. The van der Waals surface area contributed by atoms with Gasteiger partial charge in [0.15, 0.2) is 0 Å². The van der Waals surface area contributed by atoms with Gasteiger partial charge in [0, 0.05) is 30.7 Å². The van der Waals surface area contributed by atoms with E-state index in [-0.39, 0.29) is 11.8 Å². The summed E-state index contributed by atoms with van der Waals surface area (Å²) in [6, 6.07) is 13.1. The van der Waals surface area contributed by atoms with E-state index in [9.17, 15) is 4.79 Å². The molecule has 9 heteroatoms. The highest BCUT2D eigenvalue weighted by atomic mass is 35.5. The molecule has 0 spiro atoms. The van der Waals surface area contributed by atoms with Gasteiger partial charge < -0.3 is 23.8 Å². The van der Waals surface area contributed by atoms with Crippen LogP contribution in [0.2, 0.25) is 5.02 Å². The molecule has 0 saturated carbocycles. The molecule has 1 amide bonds. The van der Waals surface area contributed by atoms with Crippen LogP contribution in [0.15, 0.2) is 47.0 Å². The van der Waals surface area contributed by atoms with E-state index in [1.807, 2.05) is 29.2 Å². The number of aromatic nitrogens is 2. The number of carbonyl (C=O) groups is 1. The maximum absolute atomic E-state index is 13.3. The number of benzene rings is 2. The first-order valence-electron chi connectivity index (χ1n) is 10.3. The standard InChI is InChI=1S/C23H25ClN4O4/c1-27(19-13-17(24)8-11-20(19)31-3)22(29)16-5-4-12-28(14-16)23-25-21(26-32-23)15-6-9-18(30-2)10-7-15/h6-11,13,16H,4-5,12,14H2,1-3H3/t16-/m1/s1. The summed E-state index contributed by atoms with van der Waals surface area (Å²) in [7, 11) is 4.93. The molecule has 1 aliphatic rings. The Morgan fingerprint density at radius 2 is 1.97 bits per heavy atom. The fraction of sp³-hybridized carbons (Fsp3) is 0.348. The van der Waals surface area contributed by atoms with Gasteiger partial charge >= 0.3 is 6.01 Å². The summed E-state index contributed by atoms with van der Waals surface area (Å²) < 4.78 is 16.1. The lowest BCUT2D eigenvalue weighted by Gasteiger charge is -2.33. The fourth-order valence-corrected chi connectivity index (χ4v) is 4.04. The molecule has 1 aliphatic heterocycles. The molecule has 4 rings (SSSR count). The lowest BCUT2D eigenvalue weighted by molar-refractivity contribution is -0.122. The molecular weight excluding hydrogens is 432 g/mol. The predicted molar refractivity (Wildman–Crippen MR) is 123 cm³/mol. The van der Waals surface area contributed by atoms with E-state index in [0.29, 0.717) is 34.8 Å². The van der Waals surface area contributed by atoms with Crippen molar-refractivity contribution in [1.82, 2.24) is 10.1 Å². The zero-order valence-corrected chi connectivity index (χ0v) is 19.0. The second-order valence-electron chi connectivity index (χ2n) is 7.63. The summed E-state index contributed by atoms with van der Waals surface area (Å²) in [5.74, 6) is 1.63. The number of carbonyl (C=O) groups excluding carboxylic acids is 1. The van der Waals surface area contributed by atoms with Crippen LogP contribution in [-0.2, 0) is 4.79 Å². The fourth-order valence-electron chi connectivity index (χ4n) is 3.87. The maximum atomic E-state index is 13.3. The molecule has 0 N–H and O–H groups in total.